The number of aromatic nitrogens is 2. The second-order valence-electron chi connectivity index (χ2n) is 9.11. The van der Waals surface area contributed by atoms with Crippen LogP contribution in [0.1, 0.15) is 43.0 Å². The van der Waals surface area contributed by atoms with Crippen molar-refractivity contribution in [2.45, 2.75) is 50.4 Å². The Morgan fingerprint density at radius 1 is 1.36 bits per heavy atom. The molecular weight excluding hydrogens is 424 g/mol. The minimum Gasteiger partial charge on any atom is -0.488 e. The van der Waals surface area contributed by atoms with Crippen molar-refractivity contribution in [1.29, 1.82) is 0 Å². The first-order chi connectivity index (χ1) is 16.0. The molecule has 1 aromatic heterocycles. The van der Waals surface area contributed by atoms with Gasteiger partial charge in [0.2, 0.25) is 5.95 Å². The van der Waals surface area contributed by atoms with Crippen molar-refractivity contribution in [3.63, 3.8) is 0 Å². The van der Waals surface area contributed by atoms with Crippen LogP contribution in [0.4, 0.5) is 23.1 Å². The summed E-state index contributed by atoms with van der Waals surface area (Å²) in [6, 6.07) is 6.07. The predicted molar refractivity (Wildman–Crippen MR) is 124 cm³/mol. The third kappa shape index (κ3) is 5.28. The molecule has 0 bridgehead atoms. The van der Waals surface area contributed by atoms with Gasteiger partial charge in [-0.1, -0.05) is 0 Å². The van der Waals surface area contributed by atoms with Crippen molar-refractivity contribution in [2.75, 3.05) is 42.3 Å². The molecule has 3 heterocycles. The van der Waals surface area contributed by atoms with Crippen LogP contribution in [0, 0.1) is 0 Å². The van der Waals surface area contributed by atoms with Crippen molar-refractivity contribution in [3.05, 3.63) is 30.0 Å². The van der Waals surface area contributed by atoms with E-state index in [0.717, 1.165) is 49.4 Å². The first kappa shape index (κ1) is 21.7. The lowest BCUT2D eigenvalue weighted by atomic mass is 10.1. The normalized spacial score (nSPS) is 24.2. The van der Waals surface area contributed by atoms with Crippen LogP contribution in [0.5, 0.6) is 5.75 Å². The number of carbonyl (C=O) groups excluding carboxylic acids is 1. The van der Waals surface area contributed by atoms with E-state index in [-0.39, 0.29) is 11.7 Å². The van der Waals surface area contributed by atoms with Gasteiger partial charge in [0, 0.05) is 31.1 Å². The molecule has 2 aromatic rings. The largest absolute Gasteiger partial charge is 0.488 e. The molecule has 5 rings (SSSR count). The highest BCUT2D eigenvalue weighted by atomic mass is 16.6. The van der Waals surface area contributed by atoms with Crippen LogP contribution < -0.4 is 26.4 Å². The van der Waals surface area contributed by atoms with E-state index in [2.05, 4.69) is 25.9 Å². The van der Waals surface area contributed by atoms with Crippen LogP contribution in [-0.2, 0) is 9.47 Å². The molecule has 10 heteroatoms. The lowest BCUT2D eigenvalue weighted by Gasteiger charge is -2.28. The van der Waals surface area contributed by atoms with Gasteiger partial charge in [0.1, 0.15) is 23.8 Å². The molecule has 1 amide bonds. The number of nitrogens with one attached hydrogen (secondary N) is 3. The van der Waals surface area contributed by atoms with Crippen molar-refractivity contribution in [1.82, 2.24) is 9.97 Å². The van der Waals surface area contributed by atoms with Gasteiger partial charge in [-0.2, -0.15) is 4.98 Å². The molecule has 2 fully saturated rings. The smallest absolute Gasteiger partial charge is 0.254 e. The van der Waals surface area contributed by atoms with Crippen LogP contribution in [0.15, 0.2) is 24.4 Å². The summed E-state index contributed by atoms with van der Waals surface area (Å²) in [7, 11) is 0. The number of benzene rings is 1. The maximum atomic E-state index is 11.7. The highest BCUT2D eigenvalue weighted by Gasteiger charge is 2.31. The number of rotatable bonds is 8. The average Bonchev–Trinajstić information content (AvgIpc) is 3.49. The minimum absolute atomic E-state index is 0.170. The Bertz CT molecular complexity index is 1020. The third-order valence-electron chi connectivity index (χ3n) is 6.04. The quantitative estimate of drug-likeness (QED) is 0.475. The molecule has 1 saturated heterocycles. The van der Waals surface area contributed by atoms with E-state index in [1.807, 2.05) is 25.1 Å². The van der Waals surface area contributed by atoms with Crippen molar-refractivity contribution in [3.8, 4) is 5.75 Å². The summed E-state index contributed by atoms with van der Waals surface area (Å²) >= 11 is 0. The number of amides is 1. The summed E-state index contributed by atoms with van der Waals surface area (Å²) in [5.74, 6) is 1.03. The minimum atomic E-state index is -0.555. The van der Waals surface area contributed by atoms with Gasteiger partial charge in [-0.3, -0.25) is 4.79 Å². The summed E-state index contributed by atoms with van der Waals surface area (Å²) < 4.78 is 17.9. The van der Waals surface area contributed by atoms with E-state index < -0.39 is 11.5 Å². The Kier molecular flexibility index (Phi) is 5.94. The van der Waals surface area contributed by atoms with Crippen LogP contribution in [-0.4, -0.2) is 60.0 Å². The predicted octanol–water partition coefficient (Wildman–Crippen LogP) is 2.65. The number of anilines is 4. The van der Waals surface area contributed by atoms with Gasteiger partial charge in [-0.15, -0.1) is 0 Å². The van der Waals surface area contributed by atoms with Gasteiger partial charge in [0.25, 0.3) is 5.91 Å². The molecule has 176 valence electrons. The van der Waals surface area contributed by atoms with Gasteiger partial charge in [0.05, 0.1) is 24.0 Å². The zero-order chi connectivity index (χ0) is 22.8. The molecule has 1 saturated carbocycles. The number of hydrogen-bond acceptors (Lipinski definition) is 9. The molecule has 3 aliphatic rings. The first-order valence-corrected chi connectivity index (χ1v) is 11.4. The fraction of sp³-hybridized carbons (Fsp3) is 0.522. The summed E-state index contributed by atoms with van der Waals surface area (Å²) in [6.07, 6.45) is 5.86. The maximum absolute atomic E-state index is 11.7. The number of fused-ring (bicyclic) bond motifs is 1. The number of ether oxygens (including phenoxy) is 3. The fourth-order valence-electron chi connectivity index (χ4n) is 3.88. The van der Waals surface area contributed by atoms with E-state index >= 15 is 0 Å². The Hall–Kier alpha value is -3.11. The standard InChI is InChI=1S/C23H30N6O4/c1-23(33-11-16-3-2-8-31-16)12-26-18-9-15(6-7-19(18)32-13-23)28-22-25-10-17(20(24)30)21(29-22)27-14-4-5-14/h6-7,9-10,14,16,26H,2-5,8,11-13H2,1H3,(H2,24,30)(H2,25,27,28,29)/t16?,23-/m1/s1. The van der Waals surface area contributed by atoms with Crippen molar-refractivity contribution < 1.29 is 19.0 Å². The van der Waals surface area contributed by atoms with Gasteiger partial charge < -0.3 is 35.9 Å². The zero-order valence-corrected chi connectivity index (χ0v) is 18.7. The number of nitrogens with two attached hydrogens (primary N) is 1. The molecule has 1 aliphatic carbocycles. The maximum Gasteiger partial charge on any atom is 0.254 e. The lowest BCUT2D eigenvalue weighted by molar-refractivity contribution is -0.0841. The molecule has 2 atom stereocenters. The van der Waals surface area contributed by atoms with Crippen molar-refractivity contribution in [2.24, 2.45) is 5.73 Å². The van der Waals surface area contributed by atoms with E-state index in [9.17, 15) is 4.79 Å². The van der Waals surface area contributed by atoms with Gasteiger partial charge in [-0.25, -0.2) is 4.98 Å². The van der Waals surface area contributed by atoms with Gasteiger partial charge >= 0.3 is 0 Å². The number of nitrogens with zero attached hydrogens (tertiary/aromatic N) is 2. The summed E-state index contributed by atoms with van der Waals surface area (Å²) in [5, 5.41) is 9.89. The van der Waals surface area contributed by atoms with Crippen LogP contribution in [0.25, 0.3) is 0 Å². The van der Waals surface area contributed by atoms with E-state index in [1.54, 1.807) is 0 Å². The van der Waals surface area contributed by atoms with E-state index in [0.29, 0.717) is 37.6 Å². The van der Waals surface area contributed by atoms with Crippen LogP contribution in [0.2, 0.25) is 0 Å². The van der Waals surface area contributed by atoms with Crippen LogP contribution >= 0.6 is 0 Å². The summed E-state index contributed by atoms with van der Waals surface area (Å²) in [5.41, 5.74) is 6.93. The molecule has 1 unspecified atom stereocenters. The molecule has 33 heavy (non-hydrogen) atoms. The Labute approximate surface area is 192 Å². The molecule has 0 spiro atoms. The number of primary amides is 1. The van der Waals surface area contributed by atoms with Crippen LogP contribution in [0.3, 0.4) is 0 Å². The Morgan fingerprint density at radius 2 is 2.24 bits per heavy atom. The molecule has 5 N–H and O–H groups in total. The highest BCUT2D eigenvalue weighted by Crippen LogP contribution is 2.33. The highest BCUT2D eigenvalue weighted by molar-refractivity contribution is 5.97. The topological polar surface area (TPSA) is 133 Å². The molecule has 10 nitrogen and oxygen atoms in total. The molecule has 0 radical (unpaired) electrons. The summed E-state index contributed by atoms with van der Waals surface area (Å²) in [6.45, 7) is 4.48. The van der Waals surface area contributed by atoms with Gasteiger partial charge in [0.15, 0.2) is 0 Å². The van der Waals surface area contributed by atoms with E-state index in [1.165, 1.54) is 6.20 Å². The SMILES string of the molecule is C[C@@]1(OCC2CCCO2)CNc2cc(Nc3ncc(C(N)=O)c(NC4CC4)n3)ccc2OC1. The molecule has 1 aromatic carbocycles. The third-order valence-corrected chi connectivity index (χ3v) is 6.04. The zero-order valence-electron chi connectivity index (χ0n) is 18.7. The second-order valence-corrected chi connectivity index (χ2v) is 9.11. The Balaban J connectivity index is 1.26. The second kappa shape index (κ2) is 9.03. The first-order valence-electron chi connectivity index (χ1n) is 11.4. The van der Waals surface area contributed by atoms with Gasteiger partial charge in [-0.05, 0) is 50.8 Å². The number of carbonyl (C=O) groups is 1. The summed E-state index contributed by atoms with van der Waals surface area (Å²) in [4.78, 5) is 20.4. The average molecular weight is 455 g/mol. The molecular formula is C23H30N6O4. The lowest BCUT2D eigenvalue weighted by Crippen LogP contribution is -2.43. The van der Waals surface area contributed by atoms with E-state index in [4.69, 9.17) is 19.9 Å². The molecule has 2 aliphatic heterocycles. The van der Waals surface area contributed by atoms with Crippen molar-refractivity contribution >= 4 is 29.0 Å². The monoisotopic (exact) mass is 454 g/mol. The fourth-order valence-corrected chi connectivity index (χ4v) is 3.88. The number of hydrogen-bond donors (Lipinski definition) is 4. The Morgan fingerprint density at radius 3 is 3.00 bits per heavy atom.